The van der Waals surface area contributed by atoms with E-state index in [9.17, 15) is 0 Å². The molecule has 1 aromatic rings. The van der Waals surface area contributed by atoms with Gasteiger partial charge in [0.2, 0.25) is 0 Å². The molecule has 1 aromatic heterocycles. The second kappa shape index (κ2) is 6.37. The van der Waals surface area contributed by atoms with Crippen LogP contribution >= 0.6 is 0 Å². The van der Waals surface area contributed by atoms with Gasteiger partial charge in [0.1, 0.15) is 12.4 Å². The molecule has 0 fully saturated rings. The Bertz CT molecular complexity index is 274. The highest BCUT2D eigenvalue weighted by atomic mass is 16.5. The predicted octanol–water partition coefficient (Wildman–Crippen LogP) is 1.21. The molecule has 4 heteroatoms. The van der Waals surface area contributed by atoms with E-state index in [0.29, 0.717) is 6.61 Å². The quantitative estimate of drug-likeness (QED) is 0.766. The van der Waals surface area contributed by atoms with Crippen molar-refractivity contribution in [2.75, 3.05) is 20.8 Å². The van der Waals surface area contributed by atoms with Crippen molar-refractivity contribution in [2.45, 2.75) is 19.6 Å². The number of methoxy groups -OCH3 is 1. The number of rotatable bonds is 6. The minimum atomic E-state index is 0.0991. The van der Waals surface area contributed by atoms with Crippen molar-refractivity contribution in [1.82, 2.24) is 10.3 Å². The fourth-order valence-corrected chi connectivity index (χ4v) is 1.06. The van der Waals surface area contributed by atoms with Gasteiger partial charge in [0, 0.05) is 13.7 Å². The topological polar surface area (TPSA) is 43.4 Å². The van der Waals surface area contributed by atoms with Gasteiger partial charge < -0.3 is 14.8 Å². The van der Waals surface area contributed by atoms with Crippen molar-refractivity contribution in [3.05, 3.63) is 24.0 Å². The summed E-state index contributed by atoms with van der Waals surface area (Å²) in [6.45, 7) is 3.28. The van der Waals surface area contributed by atoms with Crippen LogP contribution in [0.15, 0.2) is 18.3 Å². The zero-order chi connectivity index (χ0) is 11.1. The normalized spacial score (nSPS) is 12.5. The summed E-state index contributed by atoms with van der Waals surface area (Å²) >= 11 is 0. The van der Waals surface area contributed by atoms with Gasteiger partial charge in [-0.1, -0.05) is 0 Å². The number of aromatic nitrogens is 1. The lowest BCUT2D eigenvalue weighted by Crippen LogP contribution is -2.16. The first-order chi connectivity index (χ1) is 7.26. The number of nitrogens with one attached hydrogen (secondary N) is 1. The van der Waals surface area contributed by atoms with Crippen LogP contribution in [-0.2, 0) is 11.3 Å². The number of hydrogen-bond donors (Lipinski definition) is 1. The zero-order valence-electron chi connectivity index (χ0n) is 9.49. The lowest BCUT2D eigenvalue weighted by atomic mass is 10.3. The van der Waals surface area contributed by atoms with Crippen molar-refractivity contribution in [3.63, 3.8) is 0 Å². The molecular formula is C11H18N2O2. The van der Waals surface area contributed by atoms with Crippen LogP contribution in [0.5, 0.6) is 5.75 Å². The summed E-state index contributed by atoms with van der Waals surface area (Å²) < 4.78 is 10.6. The van der Waals surface area contributed by atoms with Crippen LogP contribution < -0.4 is 10.1 Å². The Morgan fingerprint density at radius 1 is 1.47 bits per heavy atom. The number of pyridine rings is 1. The van der Waals surface area contributed by atoms with Crippen LogP contribution in [0.4, 0.5) is 0 Å². The molecule has 0 aliphatic carbocycles. The highest BCUT2D eigenvalue weighted by Gasteiger charge is 2.01. The summed E-state index contributed by atoms with van der Waals surface area (Å²) in [6.07, 6.45) is 1.83. The van der Waals surface area contributed by atoms with Gasteiger partial charge in [-0.25, -0.2) is 0 Å². The van der Waals surface area contributed by atoms with E-state index >= 15 is 0 Å². The van der Waals surface area contributed by atoms with Gasteiger partial charge in [0.25, 0.3) is 0 Å². The van der Waals surface area contributed by atoms with Gasteiger partial charge in [0.05, 0.1) is 18.0 Å². The molecule has 0 saturated carbocycles. The maximum absolute atomic E-state index is 5.48. The lowest BCUT2D eigenvalue weighted by Gasteiger charge is -2.11. The third kappa shape index (κ3) is 4.27. The van der Waals surface area contributed by atoms with Crippen LogP contribution in [0.1, 0.15) is 12.6 Å². The molecule has 0 aromatic carbocycles. The lowest BCUT2D eigenvalue weighted by molar-refractivity contribution is 0.0715. The largest absolute Gasteiger partial charge is 0.489 e. The average Bonchev–Trinajstić information content (AvgIpc) is 2.28. The smallest absolute Gasteiger partial charge is 0.137 e. The van der Waals surface area contributed by atoms with Gasteiger partial charge in [-0.2, -0.15) is 0 Å². The molecule has 1 N–H and O–H groups in total. The van der Waals surface area contributed by atoms with E-state index < -0.39 is 0 Å². The SMILES string of the molecule is CNCc1ccc(OCC(C)OC)cn1. The van der Waals surface area contributed by atoms with Crippen LogP contribution in [0.25, 0.3) is 0 Å². The minimum Gasteiger partial charge on any atom is -0.489 e. The molecule has 0 bridgehead atoms. The molecule has 0 radical (unpaired) electrons. The fraction of sp³-hybridized carbons (Fsp3) is 0.545. The molecule has 1 heterocycles. The number of hydrogen-bond acceptors (Lipinski definition) is 4. The van der Waals surface area contributed by atoms with Crippen LogP contribution in [-0.4, -0.2) is 31.9 Å². The Kier molecular flexibility index (Phi) is 5.07. The van der Waals surface area contributed by atoms with E-state index in [2.05, 4.69) is 10.3 Å². The molecule has 1 unspecified atom stereocenters. The predicted molar refractivity (Wildman–Crippen MR) is 59.0 cm³/mol. The van der Waals surface area contributed by atoms with Crippen molar-refractivity contribution >= 4 is 0 Å². The monoisotopic (exact) mass is 210 g/mol. The maximum atomic E-state index is 5.48. The Morgan fingerprint density at radius 2 is 2.27 bits per heavy atom. The first-order valence-electron chi connectivity index (χ1n) is 5.01. The number of ether oxygens (including phenoxy) is 2. The summed E-state index contributed by atoms with van der Waals surface area (Å²) in [4.78, 5) is 4.24. The summed E-state index contributed by atoms with van der Waals surface area (Å²) in [7, 11) is 3.56. The zero-order valence-corrected chi connectivity index (χ0v) is 9.49. The highest BCUT2D eigenvalue weighted by Crippen LogP contribution is 2.09. The molecule has 4 nitrogen and oxygen atoms in total. The molecule has 0 amide bonds. The van der Waals surface area contributed by atoms with E-state index in [1.807, 2.05) is 26.1 Å². The van der Waals surface area contributed by atoms with E-state index in [1.54, 1.807) is 13.3 Å². The van der Waals surface area contributed by atoms with Gasteiger partial charge in [-0.15, -0.1) is 0 Å². The van der Waals surface area contributed by atoms with E-state index in [0.717, 1.165) is 18.0 Å². The molecule has 0 aliphatic heterocycles. The van der Waals surface area contributed by atoms with Crippen molar-refractivity contribution in [1.29, 1.82) is 0 Å². The molecule has 15 heavy (non-hydrogen) atoms. The molecule has 1 rings (SSSR count). The summed E-state index contributed by atoms with van der Waals surface area (Å²) in [5, 5.41) is 3.04. The first-order valence-corrected chi connectivity index (χ1v) is 5.01. The van der Waals surface area contributed by atoms with Crippen molar-refractivity contribution in [2.24, 2.45) is 0 Å². The van der Waals surface area contributed by atoms with Crippen LogP contribution in [0, 0.1) is 0 Å². The Balaban J connectivity index is 2.42. The third-order valence-corrected chi connectivity index (χ3v) is 2.04. The molecule has 0 saturated heterocycles. The summed E-state index contributed by atoms with van der Waals surface area (Å²) in [5.41, 5.74) is 1.00. The van der Waals surface area contributed by atoms with Gasteiger partial charge >= 0.3 is 0 Å². The van der Waals surface area contributed by atoms with E-state index in [1.165, 1.54) is 0 Å². The fourth-order valence-electron chi connectivity index (χ4n) is 1.06. The van der Waals surface area contributed by atoms with Gasteiger partial charge in [-0.05, 0) is 26.1 Å². The Morgan fingerprint density at radius 3 is 2.80 bits per heavy atom. The van der Waals surface area contributed by atoms with Crippen molar-refractivity contribution < 1.29 is 9.47 Å². The van der Waals surface area contributed by atoms with Crippen molar-refractivity contribution in [3.8, 4) is 5.75 Å². The second-order valence-corrected chi connectivity index (χ2v) is 3.37. The summed E-state index contributed by atoms with van der Waals surface area (Å²) in [5.74, 6) is 0.777. The molecule has 0 spiro atoms. The molecule has 1 atom stereocenters. The highest BCUT2D eigenvalue weighted by molar-refractivity contribution is 5.19. The first kappa shape index (κ1) is 11.9. The Labute approximate surface area is 90.6 Å². The number of nitrogens with zero attached hydrogens (tertiary/aromatic N) is 1. The van der Waals surface area contributed by atoms with Gasteiger partial charge in [0.15, 0.2) is 0 Å². The molecular weight excluding hydrogens is 192 g/mol. The van der Waals surface area contributed by atoms with Crippen LogP contribution in [0.2, 0.25) is 0 Å². The second-order valence-electron chi connectivity index (χ2n) is 3.37. The minimum absolute atomic E-state index is 0.0991. The van der Waals surface area contributed by atoms with Crippen LogP contribution in [0.3, 0.4) is 0 Å². The standard InChI is InChI=1S/C11H18N2O2/c1-9(14-3)8-15-11-5-4-10(6-12-2)13-7-11/h4-5,7,9,12H,6,8H2,1-3H3. The molecule has 84 valence electrons. The van der Waals surface area contributed by atoms with E-state index in [4.69, 9.17) is 9.47 Å². The van der Waals surface area contributed by atoms with Gasteiger partial charge in [-0.3, -0.25) is 4.98 Å². The Hall–Kier alpha value is -1.13. The average molecular weight is 210 g/mol. The van der Waals surface area contributed by atoms with E-state index in [-0.39, 0.29) is 6.10 Å². The third-order valence-electron chi connectivity index (χ3n) is 2.04. The maximum Gasteiger partial charge on any atom is 0.137 e. The molecule has 0 aliphatic rings. The summed E-state index contributed by atoms with van der Waals surface area (Å²) in [6, 6.07) is 3.87.